The number of aryl methyl sites for hydroxylation is 1. The molecule has 0 aliphatic heterocycles. The number of rotatable bonds is 5. The molecule has 0 unspecified atom stereocenters. The van der Waals surface area contributed by atoms with Crippen molar-refractivity contribution in [2.45, 2.75) is 13.3 Å². The zero-order valence-corrected chi connectivity index (χ0v) is 17.8. The Labute approximate surface area is 188 Å². The Morgan fingerprint density at radius 1 is 1.10 bits per heavy atom. The molecule has 0 spiro atoms. The standard InChI is InChI=1S/C23H16Cl2FN3O2/c1-13-4-2-3-5-18(13)23(29)31-20(28)10-15-6-7-19(25)22(21(15)26)30-17-9-14(12-27)8-16(24)11-17/h2-9,11,28-29H,10H2,1H3. The van der Waals surface area contributed by atoms with Gasteiger partial charge in [-0.25, -0.2) is 4.39 Å². The summed E-state index contributed by atoms with van der Waals surface area (Å²) in [5.74, 6) is -1.39. The van der Waals surface area contributed by atoms with Gasteiger partial charge in [-0.05, 0) is 42.8 Å². The molecule has 0 amide bonds. The maximum absolute atomic E-state index is 15.1. The number of nitrogens with one attached hydrogen (secondary N) is 2. The predicted molar refractivity (Wildman–Crippen MR) is 118 cm³/mol. The molecule has 0 atom stereocenters. The summed E-state index contributed by atoms with van der Waals surface area (Å²) >= 11 is 12.1. The molecule has 0 radical (unpaired) electrons. The number of benzene rings is 3. The largest absolute Gasteiger partial charge is 0.453 e. The Balaban J connectivity index is 1.80. The van der Waals surface area contributed by atoms with E-state index in [0.717, 1.165) is 5.56 Å². The zero-order chi connectivity index (χ0) is 22.5. The third-order valence-corrected chi connectivity index (χ3v) is 4.83. The SMILES string of the molecule is Cc1ccccc1C(=N)OC(=N)Cc1ccc(Cl)c(Oc2cc(Cl)cc(C#N)c2)c1F. The Kier molecular flexibility index (Phi) is 6.91. The first-order chi connectivity index (χ1) is 14.8. The Bertz CT molecular complexity index is 1220. The van der Waals surface area contributed by atoms with Crippen molar-refractivity contribution in [1.29, 1.82) is 16.1 Å². The van der Waals surface area contributed by atoms with Gasteiger partial charge < -0.3 is 9.47 Å². The van der Waals surface area contributed by atoms with Crippen molar-refractivity contribution in [2.75, 3.05) is 0 Å². The van der Waals surface area contributed by atoms with E-state index in [0.29, 0.717) is 5.56 Å². The van der Waals surface area contributed by atoms with Crippen molar-refractivity contribution in [1.82, 2.24) is 0 Å². The summed E-state index contributed by atoms with van der Waals surface area (Å²) in [5.41, 5.74) is 1.72. The van der Waals surface area contributed by atoms with Gasteiger partial charge in [-0.15, -0.1) is 0 Å². The molecule has 0 saturated carbocycles. The van der Waals surface area contributed by atoms with Gasteiger partial charge >= 0.3 is 0 Å². The van der Waals surface area contributed by atoms with Crippen LogP contribution in [-0.4, -0.2) is 11.8 Å². The molecule has 0 heterocycles. The van der Waals surface area contributed by atoms with E-state index in [1.807, 2.05) is 25.1 Å². The summed E-state index contributed by atoms with van der Waals surface area (Å²) < 4.78 is 25.9. The molecule has 0 saturated heterocycles. The van der Waals surface area contributed by atoms with Gasteiger partial charge in [-0.2, -0.15) is 5.26 Å². The van der Waals surface area contributed by atoms with Gasteiger partial charge in [0.25, 0.3) is 0 Å². The average Bonchev–Trinajstić information content (AvgIpc) is 2.73. The second kappa shape index (κ2) is 9.61. The van der Waals surface area contributed by atoms with Crippen molar-refractivity contribution in [3.63, 3.8) is 0 Å². The van der Waals surface area contributed by atoms with Gasteiger partial charge in [0.05, 0.1) is 23.1 Å². The van der Waals surface area contributed by atoms with E-state index in [-0.39, 0.29) is 50.9 Å². The summed E-state index contributed by atoms with van der Waals surface area (Å²) in [6.45, 7) is 1.83. The molecule has 0 bridgehead atoms. The van der Waals surface area contributed by atoms with Crippen LogP contribution in [0.15, 0.2) is 54.6 Å². The van der Waals surface area contributed by atoms with Gasteiger partial charge in [-0.3, -0.25) is 10.8 Å². The van der Waals surface area contributed by atoms with E-state index in [9.17, 15) is 0 Å². The Morgan fingerprint density at radius 3 is 2.55 bits per heavy atom. The fourth-order valence-corrected chi connectivity index (χ4v) is 3.23. The minimum atomic E-state index is -0.776. The lowest BCUT2D eigenvalue weighted by Gasteiger charge is -2.14. The lowest BCUT2D eigenvalue weighted by molar-refractivity contribution is 0.438. The highest BCUT2D eigenvalue weighted by Crippen LogP contribution is 2.35. The number of halogens is 3. The topological polar surface area (TPSA) is 89.9 Å². The van der Waals surface area contributed by atoms with Crippen molar-refractivity contribution in [2.24, 2.45) is 0 Å². The van der Waals surface area contributed by atoms with Crippen molar-refractivity contribution in [3.05, 3.63) is 92.7 Å². The van der Waals surface area contributed by atoms with Crippen molar-refractivity contribution >= 4 is 35.0 Å². The fourth-order valence-electron chi connectivity index (χ4n) is 2.82. The van der Waals surface area contributed by atoms with Gasteiger partial charge in [0.15, 0.2) is 17.5 Å². The molecule has 5 nitrogen and oxygen atoms in total. The van der Waals surface area contributed by atoms with Crippen LogP contribution in [0.3, 0.4) is 0 Å². The first-order valence-corrected chi connectivity index (χ1v) is 9.79. The third kappa shape index (κ3) is 5.40. The summed E-state index contributed by atoms with van der Waals surface area (Å²) in [4.78, 5) is 0. The zero-order valence-electron chi connectivity index (χ0n) is 16.3. The summed E-state index contributed by atoms with van der Waals surface area (Å²) in [6.07, 6.45) is -0.216. The second-order valence-corrected chi connectivity index (χ2v) is 7.43. The summed E-state index contributed by atoms with van der Waals surface area (Å²) in [5, 5.41) is 25.4. The quantitative estimate of drug-likeness (QED) is 0.332. The van der Waals surface area contributed by atoms with Crippen LogP contribution in [0.1, 0.15) is 22.3 Å². The van der Waals surface area contributed by atoms with Crippen molar-refractivity contribution < 1.29 is 13.9 Å². The molecule has 0 aromatic heterocycles. The first-order valence-electron chi connectivity index (χ1n) is 9.03. The molecular formula is C23H16Cl2FN3O2. The number of nitrogens with zero attached hydrogens (tertiary/aromatic N) is 1. The second-order valence-electron chi connectivity index (χ2n) is 6.59. The van der Waals surface area contributed by atoms with E-state index in [1.165, 1.54) is 30.3 Å². The van der Waals surface area contributed by atoms with Gasteiger partial charge in [0, 0.05) is 16.1 Å². The highest BCUT2D eigenvalue weighted by atomic mass is 35.5. The number of hydrogen-bond donors (Lipinski definition) is 2. The van der Waals surface area contributed by atoms with Crippen LogP contribution in [0, 0.1) is 34.9 Å². The van der Waals surface area contributed by atoms with Gasteiger partial charge in [-0.1, -0.05) is 47.5 Å². The molecule has 156 valence electrons. The van der Waals surface area contributed by atoms with E-state index in [4.69, 9.17) is 48.8 Å². The maximum Gasteiger partial charge on any atom is 0.221 e. The maximum atomic E-state index is 15.1. The predicted octanol–water partition coefficient (Wildman–Crippen LogP) is 6.67. The van der Waals surface area contributed by atoms with Crippen LogP contribution >= 0.6 is 23.2 Å². The van der Waals surface area contributed by atoms with Crippen LogP contribution in [0.2, 0.25) is 10.0 Å². The summed E-state index contributed by atoms with van der Waals surface area (Å²) in [7, 11) is 0. The number of hydrogen-bond acceptors (Lipinski definition) is 5. The summed E-state index contributed by atoms with van der Waals surface area (Å²) in [6, 6.07) is 16.2. The molecule has 0 aliphatic carbocycles. The van der Waals surface area contributed by atoms with Gasteiger partial charge in [0.1, 0.15) is 5.75 Å². The van der Waals surface area contributed by atoms with E-state index in [1.54, 1.807) is 12.1 Å². The smallest absolute Gasteiger partial charge is 0.221 e. The lowest BCUT2D eigenvalue weighted by atomic mass is 10.1. The molecule has 2 N–H and O–H groups in total. The minimum Gasteiger partial charge on any atom is -0.453 e. The third-order valence-electron chi connectivity index (χ3n) is 4.32. The number of ether oxygens (including phenoxy) is 2. The van der Waals surface area contributed by atoms with Crippen LogP contribution in [0.5, 0.6) is 11.5 Å². The van der Waals surface area contributed by atoms with Crippen LogP contribution < -0.4 is 4.74 Å². The molecule has 3 rings (SSSR count). The van der Waals surface area contributed by atoms with Crippen LogP contribution in [0.25, 0.3) is 0 Å². The highest BCUT2D eigenvalue weighted by Gasteiger charge is 2.18. The molecule has 3 aromatic carbocycles. The highest BCUT2D eigenvalue weighted by molar-refractivity contribution is 6.32. The molecular weight excluding hydrogens is 440 g/mol. The Hall–Kier alpha value is -3.40. The lowest BCUT2D eigenvalue weighted by Crippen LogP contribution is -2.15. The molecule has 8 heteroatoms. The first kappa shape index (κ1) is 22.3. The molecule has 0 fully saturated rings. The fraction of sp³-hybridized carbons (Fsp3) is 0.0870. The number of nitriles is 1. The molecule has 31 heavy (non-hydrogen) atoms. The molecule has 0 aliphatic rings. The average molecular weight is 456 g/mol. The van der Waals surface area contributed by atoms with Crippen LogP contribution in [0.4, 0.5) is 4.39 Å². The monoisotopic (exact) mass is 455 g/mol. The normalized spacial score (nSPS) is 10.3. The minimum absolute atomic E-state index is 0.0137. The van der Waals surface area contributed by atoms with Gasteiger partial charge in [0.2, 0.25) is 5.90 Å². The van der Waals surface area contributed by atoms with Crippen molar-refractivity contribution in [3.8, 4) is 17.6 Å². The molecule has 3 aromatic rings. The van der Waals surface area contributed by atoms with E-state index in [2.05, 4.69) is 0 Å². The van der Waals surface area contributed by atoms with E-state index < -0.39 is 5.82 Å². The Morgan fingerprint density at radius 2 is 1.84 bits per heavy atom. The van der Waals surface area contributed by atoms with Crippen LogP contribution in [-0.2, 0) is 11.2 Å². The van der Waals surface area contributed by atoms with E-state index >= 15 is 4.39 Å².